The first-order chi connectivity index (χ1) is 3.80. The highest BCUT2D eigenvalue weighted by molar-refractivity contribution is 7.73. The highest BCUT2D eigenvalue weighted by atomic mass is 32.2. The first-order valence-electron chi connectivity index (χ1n) is 1.84. The van der Waals surface area contributed by atoms with Crippen molar-refractivity contribution in [3.8, 4) is 0 Å². The Labute approximate surface area is 47.1 Å². The van der Waals surface area contributed by atoms with Crippen LogP contribution in [0, 0.1) is 0 Å². The van der Waals surface area contributed by atoms with Crippen LogP contribution in [-0.2, 0) is 10.3 Å². The zero-order valence-corrected chi connectivity index (χ0v) is 4.59. The Balaban J connectivity index is 3.29. The van der Waals surface area contributed by atoms with Crippen LogP contribution < -0.4 is 0 Å². The summed E-state index contributed by atoms with van der Waals surface area (Å²) in [6.45, 7) is 0. The third kappa shape index (κ3) is 0.812. The van der Waals surface area contributed by atoms with Crippen LogP contribution in [0.4, 0.5) is 0 Å². The minimum atomic E-state index is -2.22. The molecule has 0 saturated heterocycles. The highest BCUT2D eigenvalue weighted by Gasteiger charge is 1.95. The predicted octanol–water partition coefficient (Wildman–Crippen LogP) is -0.0251. The van der Waals surface area contributed by atoms with Crippen LogP contribution in [-0.4, -0.2) is 13.4 Å². The van der Waals surface area contributed by atoms with E-state index in [9.17, 15) is 8.42 Å². The lowest BCUT2D eigenvalue weighted by Gasteiger charge is -1.65. The van der Waals surface area contributed by atoms with Gasteiger partial charge < -0.3 is 0 Å². The van der Waals surface area contributed by atoms with Gasteiger partial charge in [-0.05, 0) is 0 Å². The quantitative estimate of drug-likeness (QED) is 0.432. The molecule has 0 radical (unpaired) electrons. The van der Waals surface area contributed by atoms with Crippen LogP contribution in [0.25, 0.3) is 0 Å². The molecule has 0 aromatic carbocycles. The van der Waals surface area contributed by atoms with Crippen LogP contribution in [0.15, 0.2) is 22.5 Å². The molecule has 0 aromatic heterocycles. The van der Waals surface area contributed by atoms with Crippen molar-refractivity contribution >= 4 is 15.3 Å². The molecular weight excluding hydrogens is 128 g/mol. The fourth-order valence-corrected chi connectivity index (χ4v) is 0.595. The maximum Gasteiger partial charge on any atom is 0.242 e. The van der Waals surface area contributed by atoms with Crippen molar-refractivity contribution in [1.29, 1.82) is 0 Å². The minimum Gasteiger partial charge on any atom is -0.182 e. The molecule has 1 aliphatic rings. The second kappa shape index (κ2) is 1.87. The van der Waals surface area contributed by atoms with Crippen LogP contribution in [0.5, 0.6) is 0 Å². The summed E-state index contributed by atoms with van der Waals surface area (Å²) < 4.78 is 19.9. The fraction of sp³-hybridized carbons (Fsp3) is 0. The van der Waals surface area contributed by atoms with Crippen LogP contribution in [0.2, 0.25) is 0 Å². The van der Waals surface area contributed by atoms with E-state index < -0.39 is 10.3 Å². The third-order valence-corrected chi connectivity index (χ3v) is 1.17. The van der Waals surface area contributed by atoms with E-state index in [2.05, 4.69) is 10.2 Å². The fourth-order valence-electron chi connectivity index (χ4n) is 0.310. The van der Waals surface area contributed by atoms with Gasteiger partial charge in [0.2, 0.25) is 15.3 Å². The van der Waals surface area contributed by atoms with E-state index >= 15 is 0 Å². The molecule has 0 spiro atoms. The normalized spacial score (nSPS) is 15.2. The second-order valence-corrected chi connectivity index (χ2v) is 1.99. The molecule has 0 bridgehead atoms. The van der Waals surface area contributed by atoms with Gasteiger partial charge in [0.25, 0.3) is 0 Å². The minimum absolute atomic E-state index is 0.00926. The van der Waals surface area contributed by atoms with Crippen LogP contribution in [0.3, 0.4) is 0 Å². The number of rotatable bonds is 0. The lowest BCUT2D eigenvalue weighted by atomic mass is 10.6. The molecule has 8 heavy (non-hydrogen) atoms. The van der Waals surface area contributed by atoms with Crippen LogP contribution in [0.1, 0.15) is 0 Å². The van der Waals surface area contributed by atoms with Crippen molar-refractivity contribution in [2.75, 3.05) is 0 Å². The molecule has 0 N–H and O–H groups in total. The van der Waals surface area contributed by atoms with Crippen molar-refractivity contribution in [2.24, 2.45) is 10.2 Å². The molecule has 42 valence electrons. The van der Waals surface area contributed by atoms with Gasteiger partial charge in [0.15, 0.2) is 0 Å². The Morgan fingerprint density at radius 1 is 1.50 bits per heavy atom. The summed E-state index contributed by atoms with van der Waals surface area (Å²) in [7, 11) is -2.22. The zero-order chi connectivity index (χ0) is 5.98. The van der Waals surface area contributed by atoms with E-state index in [4.69, 9.17) is 0 Å². The average molecular weight is 130 g/mol. The van der Waals surface area contributed by atoms with Gasteiger partial charge in [-0.15, -0.1) is 5.11 Å². The van der Waals surface area contributed by atoms with E-state index in [1.807, 2.05) is 0 Å². The Morgan fingerprint density at radius 3 is 2.50 bits per heavy atom. The topological polar surface area (TPSA) is 58.9 Å². The standard InChI is InChI=1S/C3H2N2O2S/c6-8(7)3-1-2-4-5-3/h1-2H. The van der Waals surface area contributed by atoms with E-state index in [1.165, 1.54) is 12.3 Å². The monoisotopic (exact) mass is 130 g/mol. The smallest absolute Gasteiger partial charge is 0.182 e. The lowest BCUT2D eigenvalue weighted by molar-refractivity contribution is 0.627. The molecule has 0 atom stereocenters. The van der Waals surface area contributed by atoms with Crippen molar-refractivity contribution in [1.82, 2.24) is 0 Å². The van der Waals surface area contributed by atoms with E-state index in [1.54, 1.807) is 0 Å². The second-order valence-electron chi connectivity index (χ2n) is 1.10. The first-order valence-corrected chi connectivity index (χ1v) is 2.92. The van der Waals surface area contributed by atoms with Gasteiger partial charge >= 0.3 is 0 Å². The molecule has 0 aliphatic carbocycles. The molecular formula is C3H2N2O2S. The molecule has 0 amide bonds. The molecule has 1 aliphatic heterocycles. The number of azo groups is 1. The van der Waals surface area contributed by atoms with Gasteiger partial charge in [0, 0.05) is 6.08 Å². The van der Waals surface area contributed by atoms with Crippen molar-refractivity contribution < 1.29 is 8.42 Å². The molecule has 0 saturated carbocycles. The summed E-state index contributed by atoms with van der Waals surface area (Å²) in [5, 5.41) is 6.55. The molecule has 1 rings (SSSR count). The van der Waals surface area contributed by atoms with E-state index in [0.29, 0.717) is 0 Å². The predicted molar refractivity (Wildman–Crippen MR) is 27.9 cm³/mol. The first kappa shape index (κ1) is 5.17. The largest absolute Gasteiger partial charge is 0.242 e. The van der Waals surface area contributed by atoms with Gasteiger partial charge in [0.1, 0.15) is 0 Å². The van der Waals surface area contributed by atoms with Gasteiger partial charge in [0.05, 0.1) is 6.20 Å². The summed E-state index contributed by atoms with van der Waals surface area (Å²) in [6, 6.07) is 0. The summed E-state index contributed by atoms with van der Waals surface area (Å²) in [6.07, 6.45) is 2.65. The third-order valence-electron chi connectivity index (χ3n) is 0.611. The van der Waals surface area contributed by atoms with Crippen molar-refractivity contribution in [2.45, 2.75) is 0 Å². The van der Waals surface area contributed by atoms with Crippen LogP contribution >= 0.6 is 0 Å². The SMILES string of the molecule is O=S(=O)=C1C=CN=N1. The Hall–Kier alpha value is -0.970. The summed E-state index contributed by atoms with van der Waals surface area (Å²) >= 11 is 0. The molecule has 0 aromatic rings. The number of nitrogens with zero attached hydrogens (tertiary/aromatic N) is 2. The van der Waals surface area contributed by atoms with Crippen molar-refractivity contribution in [3.05, 3.63) is 12.3 Å². The maximum absolute atomic E-state index is 9.96. The number of hydrogen-bond donors (Lipinski definition) is 0. The van der Waals surface area contributed by atoms with Gasteiger partial charge in [-0.25, -0.2) is 0 Å². The zero-order valence-electron chi connectivity index (χ0n) is 3.77. The summed E-state index contributed by atoms with van der Waals surface area (Å²) in [5.41, 5.74) is 0. The average Bonchev–Trinajstić information content (AvgIpc) is 2.12. The Kier molecular flexibility index (Phi) is 1.21. The van der Waals surface area contributed by atoms with Gasteiger partial charge in [-0.1, -0.05) is 0 Å². The molecule has 0 unspecified atom stereocenters. The molecule has 5 heteroatoms. The molecule has 4 nitrogen and oxygen atoms in total. The lowest BCUT2D eigenvalue weighted by Crippen LogP contribution is -1.82. The van der Waals surface area contributed by atoms with Crippen molar-refractivity contribution in [3.63, 3.8) is 0 Å². The van der Waals surface area contributed by atoms with E-state index in [-0.39, 0.29) is 4.99 Å². The number of hydrogen-bond acceptors (Lipinski definition) is 3. The van der Waals surface area contributed by atoms with E-state index in [0.717, 1.165) is 0 Å². The molecule has 0 fully saturated rings. The summed E-state index contributed by atoms with van der Waals surface area (Å²) in [4.78, 5) is -0.00926. The van der Waals surface area contributed by atoms with Gasteiger partial charge in [-0.2, -0.15) is 13.5 Å². The Bertz CT molecular complexity index is 250. The van der Waals surface area contributed by atoms with Gasteiger partial charge in [-0.3, -0.25) is 0 Å². The Morgan fingerprint density at radius 2 is 2.25 bits per heavy atom. The maximum atomic E-state index is 9.96. The molecule has 1 heterocycles. The summed E-state index contributed by atoms with van der Waals surface area (Å²) in [5.74, 6) is 0. The highest BCUT2D eigenvalue weighted by Crippen LogP contribution is 1.92.